The fraction of sp³-hybridized carbons (Fsp3) is 0.125. The minimum Gasteiger partial charge on any atom is -0.465 e. The van der Waals surface area contributed by atoms with Crippen molar-refractivity contribution in [2.45, 2.75) is 11.4 Å². The van der Waals surface area contributed by atoms with Crippen LogP contribution in [0.3, 0.4) is 0 Å². The quantitative estimate of drug-likeness (QED) is 0.639. The molecule has 0 saturated carbocycles. The molecule has 26 heavy (non-hydrogen) atoms. The number of sulfonamides is 1. The molecule has 0 aliphatic heterocycles. The predicted molar refractivity (Wildman–Crippen MR) is 91.0 cm³/mol. The van der Waals surface area contributed by atoms with Gasteiger partial charge in [0.2, 0.25) is 10.0 Å². The number of pyridine rings is 1. The van der Waals surface area contributed by atoms with E-state index in [9.17, 15) is 13.2 Å². The van der Waals surface area contributed by atoms with E-state index in [1.165, 1.54) is 36.1 Å². The molecule has 0 spiro atoms. The van der Waals surface area contributed by atoms with E-state index in [-0.39, 0.29) is 17.0 Å². The van der Waals surface area contributed by atoms with Gasteiger partial charge in [0.05, 0.1) is 41.7 Å². The van der Waals surface area contributed by atoms with E-state index in [0.717, 1.165) is 5.69 Å². The second kappa shape index (κ2) is 7.42. The summed E-state index contributed by atoms with van der Waals surface area (Å²) in [5.74, 6) is -0.533. The van der Waals surface area contributed by atoms with Crippen LogP contribution in [0.1, 0.15) is 16.1 Å². The van der Waals surface area contributed by atoms with E-state index in [0.29, 0.717) is 5.69 Å². The van der Waals surface area contributed by atoms with E-state index < -0.39 is 16.0 Å². The van der Waals surface area contributed by atoms with E-state index in [2.05, 4.69) is 24.8 Å². The smallest absolute Gasteiger partial charge is 0.337 e. The van der Waals surface area contributed by atoms with Crippen molar-refractivity contribution >= 4 is 16.0 Å². The average molecular weight is 373 g/mol. The number of aromatic nitrogens is 4. The Balaban J connectivity index is 1.69. The molecule has 0 atom stereocenters. The van der Waals surface area contributed by atoms with E-state index in [4.69, 9.17) is 0 Å². The molecule has 3 rings (SSSR count). The Morgan fingerprint density at radius 3 is 2.50 bits per heavy atom. The maximum atomic E-state index is 12.3. The number of nitrogens with one attached hydrogen (secondary N) is 1. The lowest BCUT2D eigenvalue weighted by Gasteiger charge is -2.06. The molecule has 1 aromatic carbocycles. The second-order valence-electron chi connectivity index (χ2n) is 5.20. The maximum Gasteiger partial charge on any atom is 0.337 e. The van der Waals surface area contributed by atoms with Crippen LogP contribution < -0.4 is 4.72 Å². The van der Waals surface area contributed by atoms with Gasteiger partial charge >= 0.3 is 5.97 Å². The average Bonchev–Trinajstić information content (AvgIpc) is 3.16. The summed E-state index contributed by atoms with van der Waals surface area (Å²) in [6.07, 6.45) is 4.87. The first-order chi connectivity index (χ1) is 12.5. The molecule has 1 N–H and O–H groups in total. The topological polar surface area (TPSA) is 116 Å². The first-order valence-electron chi connectivity index (χ1n) is 7.49. The van der Waals surface area contributed by atoms with Crippen molar-refractivity contribution < 1.29 is 17.9 Å². The molecule has 9 nitrogen and oxygen atoms in total. The highest BCUT2D eigenvalue weighted by Crippen LogP contribution is 2.12. The van der Waals surface area contributed by atoms with Crippen molar-refractivity contribution in [3.05, 3.63) is 66.2 Å². The number of carbonyl (C=O) groups is 1. The SMILES string of the molecule is COC(=O)c1ccc(S(=O)(=O)NCc2cn(-c3ccncc3)nn2)cc1. The zero-order valence-corrected chi connectivity index (χ0v) is 14.5. The maximum absolute atomic E-state index is 12.3. The normalized spacial score (nSPS) is 11.3. The minimum absolute atomic E-state index is 0.0217. The summed E-state index contributed by atoms with van der Waals surface area (Å²) in [5.41, 5.74) is 1.49. The molecule has 0 amide bonds. The van der Waals surface area contributed by atoms with Crippen LogP contribution in [0.15, 0.2) is 59.9 Å². The number of benzene rings is 1. The van der Waals surface area contributed by atoms with Crippen LogP contribution in [0.4, 0.5) is 0 Å². The van der Waals surface area contributed by atoms with E-state index in [1.807, 2.05) is 0 Å². The van der Waals surface area contributed by atoms with Gasteiger partial charge in [-0.05, 0) is 36.4 Å². The third kappa shape index (κ3) is 3.92. The Hall–Kier alpha value is -3.11. The standard InChI is InChI=1S/C16H15N5O4S/c1-25-16(22)12-2-4-15(5-3-12)26(23,24)18-10-13-11-21(20-19-13)14-6-8-17-9-7-14/h2-9,11,18H,10H2,1H3. The summed E-state index contributed by atoms with van der Waals surface area (Å²) in [6.45, 7) is -0.0217. The molecule has 0 radical (unpaired) electrons. The zero-order chi connectivity index (χ0) is 18.6. The monoisotopic (exact) mass is 373 g/mol. The van der Waals surface area contributed by atoms with Crippen LogP contribution in [0, 0.1) is 0 Å². The Bertz CT molecular complexity index is 1000. The minimum atomic E-state index is -3.75. The summed E-state index contributed by atoms with van der Waals surface area (Å²) in [7, 11) is -2.49. The second-order valence-corrected chi connectivity index (χ2v) is 6.97. The number of rotatable bonds is 6. The van der Waals surface area contributed by atoms with Gasteiger partial charge < -0.3 is 4.74 Å². The lowest BCUT2D eigenvalue weighted by molar-refractivity contribution is 0.0600. The van der Waals surface area contributed by atoms with Crippen LogP contribution in [-0.2, 0) is 21.3 Å². The highest BCUT2D eigenvalue weighted by Gasteiger charge is 2.16. The van der Waals surface area contributed by atoms with E-state index >= 15 is 0 Å². The number of carbonyl (C=O) groups excluding carboxylic acids is 1. The fourth-order valence-corrected chi connectivity index (χ4v) is 3.14. The van der Waals surface area contributed by atoms with Gasteiger partial charge in [0.25, 0.3) is 0 Å². The summed E-state index contributed by atoms with van der Waals surface area (Å²) in [4.78, 5) is 15.3. The Labute approximate surface area is 149 Å². The number of ether oxygens (including phenoxy) is 1. The van der Waals surface area contributed by atoms with Gasteiger partial charge in [-0.2, -0.15) is 0 Å². The van der Waals surface area contributed by atoms with Gasteiger partial charge in [-0.1, -0.05) is 5.21 Å². The molecule has 0 saturated heterocycles. The third-order valence-corrected chi connectivity index (χ3v) is 4.91. The molecule has 0 fully saturated rings. The highest BCUT2D eigenvalue weighted by molar-refractivity contribution is 7.89. The molecular weight excluding hydrogens is 358 g/mol. The molecule has 0 aliphatic rings. The molecule has 0 bridgehead atoms. The zero-order valence-electron chi connectivity index (χ0n) is 13.7. The first-order valence-corrected chi connectivity index (χ1v) is 8.97. The van der Waals surface area contributed by atoms with Crippen LogP contribution in [0.2, 0.25) is 0 Å². The van der Waals surface area contributed by atoms with Crippen molar-refractivity contribution in [3.8, 4) is 5.69 Å². The Kier molecular flexibility index (Phi) is 5.05. The molecule has 2 aromatic heterocycles. The van der Waals surface area contributed by atoms with Gasteiger partial charge in [0.15, 0.2) is 0 Å². The van der Waals surface area contributed by atoms with Crippen LogP contribution >= 0.6 is 0 Å². The third-order valence-electron chi connectivity index (χ3n) is 3.50. The van der Waals surface area contributed by atoms with Crippen molar-refractivity contribution in [3.63, 3.8) is 0 Å². The molecule has 134 valence electrons. The van der Waals surface area contributed by atoms with Gasteiger partial charge in [-0.3, -0.25) is 4.98 Å². The lowest BCUT2D eigenvalue weighted by atomic mass is 10.2. The van der Waals surface area contributed by atoms with Crippen molar-refractivity contribution in [2.75, 3.05) is 7.11 Å². The molecule has 0 aliphatic carbocycles. The van der Waals surface area contributed by atoms with E-state index in [1.54, 1.807) is 30.7 Å². The number of nitrogens with zero attached hydrogens (tertiary/aromatic N) is 4. The van der Waals surface area contributed by atoms with Crippen molar-refractivity contribution in [1.82, 2.24) is 24.7 Å². The molecule has 3 aromatic rings. The van der Waals surface area contributed by atoms with Gasteiger partial charge in [-0.25, -0.2) is 22.6 Å². The van der Waals surface area contributed by atoms with Crippen LogP contribution in [0.5, 0.6) is 0 Å². The number of hydrogen-bond acceptors (Lipinski definition) is 7. The van der Waals surface area contributed by atoms with Crippen molar-refractivity contribution in [2.24, 2.45) is 0 Å². The summed E-state index contributed by atoms with van der Waals surface area (Å²) in [6, 6.07) is 8.96. The van der Waals surface area contributed by atoms with Gasteiger partial charge in [0, 0.05) is 12.4 Å². The summed E-state index contributed by atoms with van der Waals surface area (Å²) >= 11 is 0. The summed E-state index contributed by atoms with van der Waals surface area (Å²) in [5, 5.41) is 7.90. The first kappa shape index (κ1) is 17.7. The largest absolute Gasteiger partial charge is 0.465 e. The molecule has 2 heterocycles. The van der Waals surface area contributed by atoms with Crippen molar-refractivity contribution in [1.29, 1.82) is 0 Å². The Morgan fingerprint density at radius 1 is 1.15 bits per heavy atom. The lowest BCUT2D eigenvalue weighted by Crippen LogP contribution is -2.23. The van der Waals surface area contributed by atoms with Crippen LogP contribution in [-0.4, -0.2) is 41.5 Å². The number of esters is 1. The highest BCUT2D eigenvalue weighted by atomic mass is 32.2. The summed E-state index contributed by atoms with van der Waals surface area (Å²) < 4.78 is 33.2. The number of methoxy groups -OCH3 is 1. The Morgan fingerprint density at radius 2 is 1.85 bits per heavy atom. The fourth-order valence-electron chi connectivity index (χ4n) is 2.14. The predicted octanol–water partition coefficient (Wildman–Crippen LogP) is 0.927. The van der Waals surface area contributed by atoms with Crippen LogP contribution in [0.25, 0.3) is 5.69 Å². The number of hydrogen-bond donors (Lipinski definition) is 1. The molecular formula is C16H15N5O4S. The molecule has 0 unspecified atom stereocenters. The van der Waals surface area contributed by atoms with Gasteiger partial charge in [0.1, 0.15) is 0 Å². The van der Waals surface area contributed by atoms with Gasteiger partial charge in [-0.15, -0.1) is 5.10 Å². The molecule has 10 heteroatoms.